The Bertz CT molecular complexity index is 458. The summed E-state index contributed by atoms with van der Waals surface area (Å²) in [6, 6.07) is 0. The van der Waals surface area contributed by atoms with Gasteiger partial charge in [0.1, 0.15) is 12.7 Å². The van der Waals surface area contributed by atoms with Crippen molar-refractivity contribution in [2.24, 2.45) is 0 Å². The minimum Gasteiger partial charge on any atom is -0.463 e. The van der Waals surface area contributed by atoms with Crippen LogP contribution in [0.2, 0.25) is 39.3 Å². The SMILES string of the molecule is CCCCCCCCCCCCCCCCCC(=O)OC[C@H](CO[Si](C)(C)C)O[Si](C)(C)C. The summed E-state index contributed by atoms with van der Waals surface area (Å²) in [5.74, 6) is -0.0955. The number of esters is 1. The Balaban J connectivity index is 3.66. The van der Waals surface area contributed by atoms with Crippen molar-refractivity contribution in [3.63, 3.8) is 0 Å². The van der Waals surface area contributed by atoms with Crippen LogP contribution in [0.3, 0.4) is 0 Å². The van der Waals surface area contributed by atoms with Crippen LogP contribution in [0.25, 0.3) is 0 Å². The molecule has 0 aromatic heterocycles. The standard InChI is InChI=1S/C27H58O4Si2/c1-8-9-10-11-12-13-14-15-16-17-18-19-20-21-22-23-27(28)29-24-26(31-33(5,6)7)25-30-32(2,3)4/h26H,8-25H2,1-7H3/t26-/m1/s1. The van der Waals surface area contributed by atoms with Crippen molar-refractivity contribution in [1.29, 1.82) is 0 Å². The Morgan fingerprint density at radius 1 is 0.606 bits per heavy atom. The number of hydrogen-bond acceptors (Lipinski definition) is 4. The van der Waals surface area contributed by atoms with Crippen molar-refractivity contribution in [1.82, 2.24) is 0 Å². The van der Waals surface area contributed by atoms with Crippen molar-refractivity contribution in [2.45, 2.75) is 155 Å². The number of carbonyl (C=O) groups excluding carboxylic acids is 1. The molecule has 1 atom stereocenters. The molecular formula is C27H58O4Si2. The van der Waals surface area contributed by atoms with E-state index in [9.17, 15) is 4.79 Å². The molecule has 0 aromatic rings. The lowest BCUT2D eigenvalue weighted by Gasteiger charge is -2.28. The van der Waals surface area contributed by atoms with Crippen LogP contribution in [0, 0.1) is 0 Å². The number of unbranched alkanes of at least 4 members (excludes halogenated alkanes) is 14. The van der Waals surface area contributed by atoms with E-state index >= 15 is 0 Å². The highest BCUT2D eigenvalue weighted by molar-refractivity contribution is 6.70. The van der Waals surface area contributed by atoms with Gasteiger partial charge in [0.15, 0.2) is 16.6 Å². The summed E-state index contributed by atoms with van der Waals surface area (Å²) in [6.45, 7) is 16.1. The van der Waals surface area contributed by atoms with Gasteiger partial charge in [-0.3, -0.25) is 4.79 Å². The lowest BCUT2D eigenvalue weighted by Crippen LogP contribution is -2.40. The summed E-state index contributed by atoms with van der Waals surface area (Å²) >= 11 is 0. The molecule has 0 radical (unpaired) electrons. The van der Waals surface area contributed by atoms with E-state index in [0.717, 1.165) is 12.8 Å². The van der Waals surface area contributed by atoms with E-state index in [1.807, 2.05) is 0 Å². The molecule has 6 heteroatoms. The highest BCUT2D eigenvalue weighted by Crippen LogP contribution is 2.15. The van der Waals surface area contributed by atoms with Gasteiger partial charge in [0.2, 0.25) is 0 Å². The van der Waals surface area contributed by atoms with Crippen molar-refractivity contribution in [2.75, 3.05) is 13.2 Å². The number of rotatable bonds is 23. The average molecular weight is 503 g/mol. The molecule has 0 fully saturated rings. The molecule has 0 aliphatic carbocycles. The molecular weight excluding hydrogens is 444 g/mol. The molecule has 0 aromatic carbocycles. The van der Waals surface area contributed by atoms with Crippen molar-refractivity contribution in [3.8, 4) is 0 Å². The Morgan fingerprint density at radius 2 is 1.03 bits per heavy atom. The van der Waals surface area contributed by atoms with Gasteiger partial charge in [-0.25, -0.2) is 0 Å². The summed E-state index contributed by atoms with van der Waals surface area (Å²) in [6.07, 6.45) is 20.4. The minimum absolute atomic E-state index is 0.0955. The average Bonchev–Trinajstić information content (AvgIpc) is 2.71. The normalized spacial score (nSPS) is 13.3. The minimum atomic E-state index is -1.71. The predicted molar refractivity (Wildman–Crippen MR) is 148 cm³/mol. The number of ether oxygens (including phenoxy) is 1. The van der Waals surface area contributed by atoms with E-state index in [1.54, 1.807) is 0 Å². The van der Waals surface area contributed by atoms with Crippen LogP contribution in [0.15, 0.2) is 0 Å². The Kier molecular flexibility index (Phi) is 20.0. The third-order valence-electron chi connectivity index (χ3n) is 5.64. The summed E-state index contributed by atoms with van der Waals surface area (Å²) in [4.78, 5) is 12.1. The lowest BCUT2D eigenvalue weighted by atomic mass is 10.0. The number of hydrogen-bond donors (Lipinski definition) is 0. The maximum absolute atomic E-state index is 12.1. The van der Waals surface area contributed by atoms with Gasteiger partial charge in [-0.05, 0) is 45.7 Å². The first kappa shape index (κ1) is 32.8. The largest absolute Gasteiger partial charge is 0.463 e. The van der Waals surface area contributed by atoms with Crippen LogP contribution >= 0.6 is 0 Å². The molecule has 0 saturated heterocycles. The topological polar surface area (TPSA) is 44.8 Å². The second-order valence-corrected chi connectivity index (χ2v) is 20.6. The first-order valence-corrected chi connectivity index (χ1v) is 20.8. The zero-order chi connectivity index (χ0) is 25.0. The molecule has 0 unspecified atom stereocenters. The van der Waals surface area contributed by atoms with Gasteiger partial charge in [-0.15, -0.1) is 0 Å². The molecule has 198 valence electrons. The first-order valence-electron chi connectivity index (χ1n) is 14.0. The van der Waals surface area contributed by atoms with E-state index in [2.05, 4.69) is 46.2 Å². The van der Waals surface area contributed by atoms with Crippen molar-refractivity contribution >= 4 is 22.6 Å². The van der Waals surface area contributed by atoms with E-state index < -0.39 is 16.6 Å². The first-order chi connectivity index (χ1) is 15.5. The summed E-state index contributed by atoms with van der Waals surface area (Å²) in [7, 11) is -3.32. The van der Waals surface area contributed by atoms with Crippen LogP contribution < -0.4 is 0 Å². The molecule has 0 N–H and O–H groups in total. The highest BCUT2D eigenvalue weighted by Gasteiger charge is 2.25. The summed E-state index contributed by atoms with van der Waals surface area (Å²) < 4.78 is 17.7. The second-order valence-electron chi connectivity index (χ2n) is 11.7. The smallest absolute Gasteiger partial charge is 0.305 e. The fourth-order valence-electron chi connectivity index (χ4n) is 3.86. The maximum atomic E-state index is 12.1. The van der Waals surface area contributed by atoms with Crippen LogP contribution in [-0.2, 0) is 18.4 Å². The Morgan fingerprint density at radius 3 is 1.42 bits per heavy atom. The molecule has 4 nitrogen and oxygen atoms in total. The van der Waals surface area contributed by atoms with Gasteiger partial charge in [-0.1, -0.05) is 96.8 Å². The zero-order valence-corrected chi connectivity index (χ0v) is 25.4. The van der Waals surface area contributed by atoms with Gasteiger partial charge >= 0.3 is 5.97 Å². The van der Waals surface area contributed by atoms with Gasteiger partial charge in [0, 0.05) is 6.42 Å². The molecule has 0 aliphatic rings. The van der Waals surface area contributed by atoms with Gasteiger partial charge in [0.05, 0.1) is 6.61 Å². The molecule has 0 aliphatic heterocycles. The molecule has 0 bridgehead atoms. The van der Waals surface area contributed by atoms with Crippen LogP contribution in [-0.4, -0.2) is 41.9 Å². The quantitative estimate of drug-likeness (QED) is 0.0795. The van der Waals surface area contributed by atoms with Gasteiger partial charge in [0.25, 0.3) is 0 Å². The molecule has 0 saturated carbocycles. The summed E-state index contributed by atoms with van der Waals surface area (Å²) in [5, 5.41) is 0. The van der Waals surface area contributed by atoms with Crippen molar-refractivity contribution < 1.29 is 18.4 Å². The zero-order valence-electron chi connectivity index (χ0n) is 23.4. The summed E-state index contributed by atoms with van der Waals surface area (Å²) in [5.41, 5.74) is 0. The Hall–Kier alpha value is -0.176. The van der Waals surface area contributed by atoms with E-state index in [4.69, 9.17) is 13.6 Å². The third-order valence-corrected chi connectivity index (χ3v) is 7.71. The number of carbonyl (C=O) groups is 1. The monoisotopic (exact) mass is 502 g/mol. The van der Waals surface area contributed by atoms with Crippen LogP contribution in [0.1, 0.15) is 110 Å². The lowest BCUT2D eigenvalue weighted by molar-refractivity contribution is -0.146. The molecule has 33 heavy (non-hydrogen) atoms. The molecule has 0 spiro atoms. The fourth-order valence-corrected chi connectivity index (χ4v) is 5.68. The Labute approximate surface area is 209 Å². The predicted octanol–water partition coefficient (Wildman–Crippen LogP) is 8.86. The van der Waals surface area contributed by atoms with E-state index in [-0.39, 0.29) is 12.1 Å². The molecule has 0 amide bonds. The van der Waals surface area contributed by atoms with E-state index in [1.165, 1.54) is 83.5 Å². The third kappa shape index (κ3) is 26.3. The van der Waals surface area contributed by atoms with Crippen molar-refractivity contribution in [3.05, 3.63) is 0 Å². The molecule has 0 rings (SSSR count). The fraction of sp³-hybridized carbons (Fsp3) is 0.963. The molecule has 0 heterocycles. The van der Waals surface area contributed by atoms with E-state index in [0.29, 0.717) is 19.6 Å². The highest BCUT2D eigenvalue weighted by atomic mass is 28.4. The maximum Gasteiger partial charge on any atom is 0.305 e. The van der Waals surface area contributed by atoms with Crippen LogP contribution in [0.4, 0.5) is 0 Å². The van der Waals surface area contributed by atoms with Gasteiger partial charge in [-0.2, -0.15) is 0 Å². The van der Waals surface area contributed by atoms with Gasteiger partial charge < -0.3 is 13.6 Å². The second kappa shape index (κ2) is 20.1. The van der Waals surface area contributed by atoms with Crippen LogP contribution in [0.5, 0.6) is 0 Å².